The average molecular weight is 429 g/mol. The number of halogens is 1. The molecule has 2 aromatic carbocycles. The molecule has 6 nitrogen and oxygen atoms in total. The highest BCUT2D eigenvalue weighted by Gasteiger charge is 2.23. The Morgan fingerprint density at radius 1 is 1.08 bits per heavy atom. The van der Waals surface area contributed by atoms with Crippen molar-refractivity contribution in [2.75, 3.05) is 7.05 Å². The second kappa shape index (κ2) is 7.53. The molecule has 0 saturated heterocycles. The topological polar surface area (TPSA) is 57.5 Å². The summed E-state index contributed by atoms with van der Waals surface area (Å²) in [7, 11) is 1.92. The Labute approximate surface area is 164 Å². The molecule has 0 unspecified atom stereocenters. The lowest BCUT2D eigenvalue weighted by atomic mass is 10.2. The Balaban J connectivity index is 1.72. The zero-order valence-corrected chi connectivity index (χ0v) is 16.5. The molecule has 0 aliphatic carbocycles. The number of amidine groups is 1. The minimum absolute atomic E-state index is 0.809. The molecule has 132 valence electrons. The van der Waals surface area contributed by atoms with Crippen molar-refractivity contribution < 1.29 is 0 Å². The van der Waals surface area contributed by atoms with Crippen LogP contribution in [-0.4, -0.2) is 27.7 Å². The molecule has 2 heterocycles. The molecule has 1 aliphatic rings. The van der Waals surface area contributed by atoms with Crippen LogP contribution in [0, 0.1) is 0 Å². The van der Waals surface area contributed by atoms with Gasteiger partial charge in [0.25, 0.3) is 0 Å². The van der Waals surface area contributed by atoms with Crippen molar-refractivity contribution in [3.63, 3.8) is 0 Å². The summed E-state index contributed by atoms with van der Waals surface area (Å²) in [5.74, 6) is 1.66. The normalized spacial score (nSPS) is 13.6. The third-order valence-corrected chi connectivity index (χ3v) is 5.63. The SMILES string of the molecule is CN1NNN=C1c1cnn(-c2ccc(Br)cc2)c1SCc1ccccc1. The van der Waals surface area contributed by atoms with Crippen molar-refractivity contribution in [3.8, 4) is 5.69 Å². The highest BCUT2D eigenvalue weighted by molar-refractivity contribution is 9.10. The molecule has 0 amide bonds. The van der Waals surface area contributed by atoms with Crippen LogP contribution in [0.2, 0.25) is 0 Å². The van der Waals surface area contributed by atoms with Crippen molar-refractivity contribution in [2.45, 2.75) is 10.8 Å². The quantitative estimate of drug-likeness (QED) is 0.608. The molecule has 0 bridgehead atoms. The van der Waals surface area contributed by atoms with Gasteiger partial charge >= 0.3 is 0 Å². The van der Waals surface area contributed by atoms with Crippen LogP contribution in [0.3, 0.4) is 0 Å². The van der Waals surface area contributed by atoms with E-state index in [1.807, 2.05) is 53.3 Å². The van der Waals surface area contributed by atoms with Crippen LogP contribution in [0.25, 0.3) is 5.69 Å². The summed E-state index contributed by atoms with van der Waals surface area (Å²) in [4.78, 5) is 0. The minimum atomic E-state index is 0.809. The number of hydrogen-bond acceptors (Lipinski definition) is 6. The van der Waals surface area contributed by atoms with E-state index in [1.165, 1.54) is 5.56 Å². The van der Waals surface area contributed by atoms with E-state index in [4.69, 9.17) is 0 Å². The van der Waals surface area contributed by atoms with Crippen LogP contribution in [0.1, 0.15) is 11.1 Å². The van der Waals surface area contributed by atoms with E-state index in [0.717, 1.165) is 32.3 Å². The fraction of sp³-hybridized carbons (Fsp3) is 0.111. The molecular formula is C18H17BrN6S. The lowest BCUT2D eigenvalue weighted by molar-refractivity contribution is 0.348. The van der Waals surface area contributed by atoms with E-state index in [2.05, 4.69) is 61.5 Å². The maximum Gasteiger partial charge on any atom is 0.177 e. The molecule has 1 aliphatic heterocycles. The fourth-order valence-electron chi connectivity index (χ4n) is 2.64. The summed E-state index contributed by atoms with van der Waals surface area (Å²) >= 11 is 5.23. The van der Waals surface area contributed by atoms with Crippen LogP contribution in [-0.2, 0) is 5.75 Å². The van der Waals surface area contributed by atoms with Gasteiger partial charge in [-0.05, 0) is 29.8 Å². The zero-order chi connectivity index (χ0) is 17.9. The average Bonchev–Trinajstić information content (AvgIpc) is 3.27. The van der Waals surface area contributed by atoms with Crippen LogP contribution in [0.5, 0.6) is 0 Å². The van der Waals surface area contributed by atoms with Gasteiger partial charge in [0.05, 0.1) is 17.4 Å². The van der Waals surface area contributed by atoms with E-state index < -0.39 is 0 Å². The lowest BCUT2D eigenvalue weighted by Crippen LogP contribution is -2.37. The predicted octanol–water partition coefficient (Wildman–Crippen LogP) is 3.54. The molecule has 2 N–H and O–H groups in total. The number of thioether (sulfide) groups is 1. The molecule has 8 heteroatoms. The van der Waals surface area contributed by atoms with Gasteiger partial charge in [-0.2, -0.15) is 5.10 Å². The van der Waals surface area contributed by atoms with E-state index in [1.54, 1.807) is 11.8 Å². The van der Waals surface area contributed by atoms with E-state index in [9.17, 15) is 0 Å². The number of aromatic nitrogens is 2. The van der Waals surface area contributed by atoms with Crippen molar-refractivity contribution in [2.24, 2.45) is 5.10 Å². The first-order valence-corrected chi connectivity index (χ1v) is 9.83. The van der Waals surface area contributed by atoms with Gasteiger partial charge < -0.3 is 0 Å². The first-order chi connectivity index (χ1) is 12.7. The molecule has 0 radical (unpaired) electrons. The van der Waals surface area contributed by atoms with E-state index >= 15 is 0 Å². The van der Waals surface area contributed by atoms with Gasteiger partial charge in [0.2, 0.25) is 0 Å². The molecule has 1 aromatic heterocycles. The Morgan fingerprint density at radius 3 is 2.54 bits per heavy atom. The highest BCUT2D eigenvalue weighted by Crippen LogP contribution is 2.30. The van der Waals surface area contributed by atoms with Crippen LogP contribution >= 0.6 is 27.7 Å². The predicted molar refractivity (Wildman–Crippen MR) is 108 cm³/mol. The monoisotopic (exact) mass is 428 g/mol. The van der Waals surface area contributed by atoms with Crippen molar-refractivity contribution in [3.05, 3.63) is 76.4 Å². The summed E-state index contributed by atoms with van der Waals surface area (Å²) in [6, 6.07) is 18.6. The summed E-state index contributed by atoms with van der Waals surface area (Å²) < 4.78 is 3.00. The number of hydrogen-bond donors (Lipinski definition) is 2. The molecule has 3 aromatic rings. The second-order valence-electron chi connectivity index (χ2n) is 5.74. The van der Waals surface area contributed by atoms with Gasteiger partial charge in [-0.25, -0.2) is 10.2 Å². The van der Waals surface area contributed by atoms with Crippen LogP contribution < -0.4 is 11.1 Å². The number of rotatable bonds is 5. The maximum absolute atomic E-state index is 4.62. The number of hydrazine groups is 2. The number of hydrazone groups is 1. The molecule has 26 heavy (non-hydrogen) atoms. The Kier molecular flexibility index (Phi) is 4.96. The first kappa shape index (κ1) is 17.1. The molecule has 4 rings (SSSR count). The maximum atomic E-state index is 4.62. The molecule has 0 fully saturated rings. The standard InChI is InChI=1S/C18H17BrN6S/c1-24-17(21-22-23-24)16-11-20-25(15-9-7-14(19)8-10-15)18(16)26-12-13-5-3-2-4-6-13/h2-11,22-23H,12H2,1H3. The minimum Gasteiger partial charge on any atom is -0.274 e. The number of nitrogens with zero attached hydrogens (tertiary/aromatic N) is 4. The third-order valence-electron chi connectivity index (χ3n) is 3.95. The van der Waals surface area contributed by atoms with E-state index in [-0.39, 0.29) is 0 Å². The summed E-state index contributed by atoms with van der Waals surface area (Å²) in [6.45, 7) is 0. The Hall–Kier alpha value is -2.29. The molecule has 0 saturated carbocycles. The Bertz CT molecular complexity index is 923. The smallest absolute Gasteiger partial charge is 0.177 e. The molecule has 0 spiro atoms. The second-order valence-corrected chi connectivity index (χ2v) is 7.62. The third kappa shape index (κ3) is 3.48. The molecule has 0 atom stereocenters. The van der Waals surface area contributed by atoms with Crippen molar-refractivity contribution in [1.29, 1.82) is 0 Å². The first-order valence-electron chi connectivity index (χ1n) is 8.05. The number of benzene rings is 2. The lowest BCUT2D eigenvalue weighted by Gasteiger charge is -2.14. The largest absolute Gasteiger partial charge is 0.274 e. The van der Waals surface area contributed by atoms with Gasteiger partial charge in [0.1, 0.15) is 5.03 Å². The summed E-state index contributed by atoms with van der Waals surface area (Å²) in [5, 5.41) is 11.8. The van der Waals surface area contributed by atoms with Gasteiger partial charge in [-0.15, -0.1) is 22.4 Å². The summed E-state index contributed by atoms with van der Waals surface area (Å²) in [5.41, 5.74) is 9.00. The fourth-order valence-corrected chi connectivity index (χ4v) is 3.98. The van der Waals surface area contributed by atoms with Gasteiger partial charge in [0.15, 0.2) is 5.84 Å². The van der Waals surface area contributed by atoms with Crippen LogP contribution in [0.4, 0.5) is 0 Å². The van der Waals surface area contributed by atoms with E-state index in [0.29, 0.717) is 0 Å². The molecular weight excluding hydrogens is 412 g/mol. The van der Waals surface area contributed by atoms with Crippen molar-refractivity contribution >= 4 is 33.5 Å². The Morgan fingerprint density at radius 2 is 1.85 bits per heavy atom. The highest BCUT2D eigenvalue weighted by atomic mass is 79.9. The summed E-state index contributed by atoms with van der Waals surface area (Å²) in [6.07, 6.45) is 1.86. The number of nitrogens with one attached hydrogen (secondary N) is 2. The van der Waals surface area contributed by atoms with Gasteiger partial charge in [0, 0.05) is 17.3 Å². The van der Waals surface area contributed by atoms with Gasteiger partial charge in [-0.1, -0.05) is 46.3 Å². The van der Waals surface area contributed by atoms with Crippen LogP contribution in [0.15, 0.2) is 75.4 Å². The van der Waals surface area contributed by atoms with Gasteiger partial charge in [-0.3, -0.25) is 5.01 Å². The zero-order valence-electron chi connectivity index (χ0n) is 14.1. The van der Waals surface area contributed by atoms with Crippen molar-refractivity contribution in [1.82, 2.24) is 25.9 Å².